The van der Waals surface area contributed by atoms with Crippen LogP contribution in [0.25, 0.3) is 0 Å². The number of β-amino-alcohol motifs (C(OH)–C–C–N with tert-alkyl or cyclic N) is 1. The highest BCUT2D eigenvalue weighted by atomic mass is 16.5. The van der Waals surface area contributed by atoms with Gasteiger partial charge in [-0.05, 0) is 37.1 Å². The Hall–Kier alpha value is -2.59. The number of amides is 3. The zero-order chi connectivity index (χ0) is 17.2. The van der Waals surface area contributed by atoms with E-state index in [1.165, 1.54) is 0 Å². The molecule has 1 aliphatic carbocycles. The Morgan fingerprint density at radius 3 is 2.58 bits per heavy atom. The summed E-state index contributed by atoms with van der Waals surface area (Å²) in [6.45, 7) is -0.140. The van der Waals surface area contributed by atoms with Crippen molar-refractivity contribution in [2.24, 2.45) is 0 Å². The lowest BCUT2D eigenvalue weighted by Gasteiger charge is -2.21. The van der Waals surface area contributed by atoms with Gasteiger partial charge in [-0.1, -0.05) is 12.8 Å². The van der Waals surface area contributed by atoms with E-state index in [-0.39, 0.29) is 19.1 Å². The zero-order valence-corrected chi connectivity index (χ0v) is 13.2. The molecule has 7 nitrogen and oxygen atoms in total. The van der Waals surface area contributed by atoms with E-state index in [9.17, 15) is 14.7 Å². The largest absolute Gasteiger partial charge is 0.491 e. The Labute approximate surface area is 139 Å². The molecule has 0 unspecified atom stereocenters. The van der Waals surface area contributed by atoms with E-state index in [0.717, 1.165) is 17.7 Å². The number of carbonyl (C=O) groups is 2. The SMILES string of the molecule is N#Cc1ccc(OC[C@@H](O)CN2C(=O)NC3(CCCC3)C2=O)cc1. The Kier molecular flexibility index (Phi) is 4.40. The van der Waals surface area contributed by atoms with Crippen molar-refractivity contribution in [3.8, 4) is 11.8 Å². The van der Waals surface area contributed by atoms with E-state index in [4.69, 9.17) is 10.00 Å². The number of ether oxygens (including phenoxy) is 1. The summed E-state index contributed by atoms with van der Waals surface area (Å²) in [5, 5.41) is 21.6. The first kappa shape index (κ1) is 16.3. The van der Waals surface area contributed by atoms with E-state index in [1.807, 2.05) is 6.07 Å². The maximum Gasteiger partial charge on any atom is 0.325 e. The number of nitrogens with zero attached hydrogens (tertiary/aromatic N) is 2. The Balaban J connectivity index is 1.54. The third-order valence-electron chi connectivity index (χ3n) is 4.52. The van der Waals surface area contributed by atoms with Gasteiger partial charge < -0.3 is 15.2 Å². The molecule has 1 aliphatic heterocycles. The van der Waals surface area contributed by atoms with Gasteiger partial charge in [-0.3, -0.25) is 9.69 Å². The van der Waals surface area contributed by atoms with Crippen molar-refractivity contribution in [3.05, 3.63) is 29.8 Å². The molecular weight excluding hydrogens is 310 g/mol. The van der Waals surface area contributed by atoms with E-state index in [1.54, 1.807) is 24.3 Å². The average molecular weight is 329 g/mol. The molecule has 2 aliphatic rings. The fraction of sp³-hybridized carbons (Fsp3) is 0.471. The summed E-state index contributed by atoms with van der Waals surface area (Å²) in [4.78, 5) is 25.6. The summed E-state index contributed by atoms with van der Waals surface area (Å²) in [6.07, 6.45) is 2.18. The maximum atomic E-state index is 12.5. The number of urea groups is 1. The highest BCUT2D eigenvalue weighted by molar-refractivity contribution is 6.07. The number of aliphatic hydroxyl groups excluding tert-OH is 1. The van der Waals surface area contributed by atoms with Crippen molar-refractivity contribution in [2.75, 3.05) is 13.2 Å². The van der Waals surface area contributed by atoms with E-state index in [2.05, 4.69) is 5.32 Å². The van der Waals surface area contributed by atoms with Gasteiger partial charge in [-0.25, -0.2) is 4.79 Å². The smallest absolute Gasteiger partial charge is 0.325 e. The predicted molar refractivity (Wildman–Crippen MR) is 84.1 cm³/mol. The van der Waals surface area contributed by atoms with Crippen LogP contribution in [0, 0.1) is 11.3 Å². The average Bonchev–Trinajstić information content (AvgIpc) is 3.14. The summed E-state index contributed by atoms with van der Waals surface area (Å²) in [7, 11) is 0. The molecule has 2 fully saturated rings. The number of hydrogen-bond acceptors (Lipinski definition) is 5. The van der Waals surface area contributed by atoms with Crippen LogP contribution in [0.3, 0.4) is 0 Å². The minimum Gasteiger partial charge on any atom is -0.491 e. The van der Waals surface area contributed by atoms with Crippen LogP contribution >= 0.6 is 0 Å². The molecule has 1 saturated heterocycles. The highest BCUT2D eigenvalue weighted by Gasteiger charge is 2.52. The molecular formula is C17H19N3O4. The molecule has 1 saturated carbocycles. The van der Waals surface area contributed by atoms with Crippen LogP contribution in [0.2, 0.25) is 0 Å². The zero-order valence-electron chi connectivity index (χ0n) is 13.2. The fourth-order valence-electron chi connectivity index (χ4n) is 3.24. The molecule has 1 aromatic carbocycles. The molecule has 7 heteroatoms. The number of nitriles is 1. The number of rotatable bonds is 5. The number of carbonyl (C=O) groups excluding carboxylic acids is 2. The van der Waals surface area contributed by atoms with Crippen LogP contribution in [-0.4, -0.2) is 46.7 Å². The normalized spacial score (nSPS) is 20.1. The molecule has 1 heterocycles. The molecule has 1 atom stereocenters. The number of hydrogen-bond donors (Lipinski definition) is 2. The van der Waals surface area contributed by atoms with Gasteiger partial charge in [0.05, 0.1) is 18.2 Å². The lowest BCUT2D eigenvalue weighted by molar-refractivity contribution is -0.132. The number of imide groups is 1. The molecule has 1 spiro atoms. The topological polar surface area (TPSA) is 103 Å². The van der Waals surface area contributed by atoms with E-state index in [0.29, 0.717) is 24.2 Å². The molecule has 0 bridgehead atoms. The van der Waals surface area contributed by atoms with Gasteiger partial charge in [0.25, 0.3) is 5.91 Å². The van der Waals surface area contributed by atoms with Crippen molar-refractivity contribution in [3.63, 3.8) is 0 Å². The van der Waals surface area contributed by atoms with E-state index < -0.39 is 17.7 Å². The molecule has 2 N–H and O–H groups in total. The van der Waals surface area contributed by atoms with Crippen molar-refractivity contribution >= 4 is 11.9 Å². The minimum absolute atomic E-state index is 0.0457. The standard InChI is InChI=1S/C17H19N3O4/c18-9-12-3-5-14(6-4-12)24-11-13(21)10-20-15(22)17(19-16(20)23)7-1-2-8-17/h3-6,13,21H,1-2,7-8,10-11H2,(H,19,23)/t13-/m0/s1. The van der Waals surface area contributed by atoms with Gasteiger partial charge in [0.1, 0.15) is 24.0 Å². The van der Waals surface area contributed by atoms with Crippen LogP contribution in [0.1, 0.15) is 31.2 Å². The second-order valence-electron chi connectivity index (χ2n) is 6.24. The molecule has 0 aromatic heterocycles. The van der Waals surface area contributed by atoms with Crippen LogP contribution in [0.15, 0.2) is 24.3 Å². The third-order valence-corrected chi connectivity index (χ3v) is 4.52. The first-order valence-electron chi connectivity index (χ1n) is 7.99. The number of benzene rings is 1. The van der Waals surface area contributed by atoms with Gasteiger partial charge >= 0.3 is 6.03 Å². The van der Waals surface area contributed by atoms with Gasteiger partial charge in [0.15, 0.2) is 0 Å². The molecule has 3 rings (SSSR count). The Morgan fingerprint density at radius 2 is 1.96 bits per heavy atom. The minimum atomic E-state index is -0.980. The third kappa shape index (κ3) is 3.05. The van der Waals surface area contributed by atoms with Gasteiger partial charge in [0.2, 0.25) is 0 Å². The monoisotopic (exact) mass is 329 g/mol. The number of aliphatic hydroxyl groups is 1. The van der Waals surface area contributed by atoms with Crippen LogP contribution < -0.4 is 10.1 Å². The maximum absolute atomic E-state index is 12.5. The predicted octanol–water partition coefficient (Wildman–Crippen LogP) is 1.16. The number of nitrogens with one attached hydrogen (secondary N) is 1. The van der Waals surface area contributed by atoms with Gasteiger partial charge in [0, 0.05) is 0 Å². The van der Waals surface area contributed by atoms with Crippen LogP contribution in [-0.2, 0) is 4.79 Å². The van der Waals surface area contributed by atoms with Crippen molar-refractivity contribution in [1.82, 2.24) is 10.2 Å². The van der Waals surface area contributed by atoms with Crippen molar-refractivity contribution in [1.29, 1.82) is 5.26 Å². The first-order valence-corrected chi connectivity index (χ1v) is 7.99. The molecule has 24 heavy (non-hydrogen) atoms. The highest BCUT2D eigenvalue weighted by Crippen LogP contribution is 2.35. The fourth-order valence-corrected chi connectivity index (χ4v) is 3.24. The molecule has 0 radical (unpaired) electrons. The lowest BCUT2D eigenvalue weighted by Crippen LogP contribution is -2.45. The molecule has 126 valence electrons. The van der Waals surface area contributed by atoms with Gasteiger partial charge in [-0.2, -0.15) is 5.26 Å². The van der Waals surface area contributed by atoms with Gasteiger partial charge in [-0.15, -0.1) is 0 Å². The summed E-state index contributed by atoms with van der Waals surface area (Å²) >= 11 is 0. The second kappa shape index (κ2) is 6.49. The van der Waals surface area contributed by atoms with Crippen molar-refractivity contribution < 1.29 is 19.4 Å². The Morgan fingerprint density at radius 1 is 1.29 bits per heavy atom. The summed E-state index contributed by atoms with van der Waals surface area (Å²) in [5.74, 6) is 0.264. The first-order chi connectivity index (χ1) is 11.5. The lowest BCUT2D eigenvalue weighted by atomic mass is 9.98. The summed E-state index contributed by atoms with van der Waals surface area (Å²) in [5.41, 5.74) is -0.241. The van der Waals surface area contributed by atoms with E-state index >= 15 is 0 Å². The van der Waals surface area contributed by atoms with Crippen LogP contribution in [0.4, 0.5) is 4.79 Å². The van der Waals surface area contributed by atoms with Crippen molar-refractivity contribution in [2.45, 2.75) is 37.3 Å². The Bertz CT molecular complexity index is 674. The summed E-state index contributed by atoms with van der Waals surface area (Å²) in [6, 6.07) is 8.05. The van der Waals surface area contributed by atoms with Crippen LogP contribution in [0.5, 0.6) is 5.75 Å². The second-order valence-corrected chi connectivity index (χ2v) is 6.24. The molecule has 3 amide bonds. The summed E-state index contributed by atoms with van der Waals surface area (Å²) < 4.78 is 5.44. The molecule has 1 aromatic rings. The quantitative estimate of drug-likeness (QED) is 0.789.